The van der Waals surface area contributed by atoms with Crippen molar-refractivity contribution in [1.82, 2.24) is 4.98 Å². The van der Waals surface area contributed by atoms with Crippen LogP contribution in [0.3, 0.4) is 0 Å². The van der Waals surface area contributed by atoms with Crippen molar-refractivity contribution < 1.29 is 9.13 Å². The van der Waals surface area contributed by atoms with Crippen LogP contribution in [0.15, 0.2) is 48.7 Å². The highest BCUT2D eigenvalue weighted by molar-refractivity contribution is 5.96. The highest BCUT2D eigenvalue weighted by Crippen LogP contribution is 2.35. The van der Waals surface area contributed by atoms with Gasteiger partial charge in [-0.2, -0.15) is 0 Å². The van der Waals surface area contributed by atoms with E-state index in [0.29, 0.717) is 5.75 Å². The third-order valence-electron chi connectivity index (χ3n) is 3.04. The molecular formula is C15H12FNO. The number of para-hydroxylation sites is 1. The lowest BCUT2D eigenvalue weighted by molar-refractivity contribution is 0.415. The molecule has 0 bridgehead atoms. The van der Waals surface area contributed by atoms with Gasteiger partial charge in [-0.1, -0.05) is 18.2 Å². The Morgan fingerprint density at radius 3 is 2.72 bits per heavy atom. The summed E-state index contributed by atoms with van der Waals surface area (Å²) in [4.78, 5) is 3.18. The van der Waals surface area contributed by atoms with E-state index in [1.165, 1.54) is 12.1 Å². The first-order chi connectivity index (χ1) is 8.79. The quantitative estimate of drug-likeness (QED) is 0.721. The second kappa shape index (κ2) is 4.18. The van der Waals surface area contributed by atoms with Gasteiger partial charge in [0.05, 0.1) is 7.11 Å². The Balaban J connectivity index is 2.29. The molecule has 0 saturated heterocycles. The average molecular weight is 241 g/mol. The van der Waals surface area contributed by atoms with Crippen molar-refractivity contribution >= 4 is 10.9 Å². The van der Waals surface area contributed by atoms with Gasteiger partial charge in [-0.3, -0.25) is 0 Å². The van der Waals surface area contributed by atoms with E-state index in [-0.39, 0.29) is 5.82 Å². The number of hydrogen-bond acceptors (Lipinski definition) is 1. The topological polar surface area (TPSA) is 25.0 Å². The van der Waals surface area contributed by atoms with E-state index < -0.39 is 0 Å². The fourth-order valence-electron chi connectivity index (χ4n) is 2.19. The number of aromatic amines is 1. The van der Waals surface area contributed by atoms with Crippen LogP contribution in [0.5, 0.6) is 5.75 Å². The van der Waals surface area contributed by atoms with Gasteiger partial charge in [-0.25, -0.2) is 4.39 Å². The smallest absolute Gasteiger partial charge is 0.126 e. The van der Waals surface area contributed by atoms with Crippen molar-refractivity contribution in [3.63, 3.8) is 0 Å². The summed E-state index contributed by atoms with van der Waals surface area (Å²) in [6.45, 7) is 0. The van der Waals surface area contributed by atoms with Crippen molar-refractivity contribution in [2.45, 2.75) is 0 Å². The molecule has 3 heteroatoms. The fraction of sp³-hybridized carbons (Fsp3) is 0.0667. The minimum atomic E-state index is -0.268. The molecule has 0 aliphatic heterocycles. The van der Waals surface area contributed by atoms with Gasteiger partial charge in [0.2, 0.25) is 0 Å². The Morgan fingerprint density at radius 1 is 1.06 bits per heavy atom. The van der Waals surface area contributed by atoms with Gasteiger partial charge in [0.15, 0.2) is 0 Å². The fourth-order valence-corrected chi connectivity index (χ4v) is 2.19. The Hall–Kier alpha value is -2.29. The number of fused-ring (bicyclic) bond motifs is 1. The van der Waals surface area contributed by atoms with Gasteiger partial charge in [0.1, 0.15) is 11.6 Å². The van der Waals surface area contributed by atoms with Crippen LogP contribution < -0.4 is 4.74 Å². The molecule has 18 heavy (non-hydrogen) atoms. The lowest BCUT2D eigenvalue weighted by Crippen LogP contribution is -1.88. The Kier molecular flexibility index (Phi) is 2.52. The van der Waals surface area contributed by atoms with E-state index in [0.717, 1.165) is 22.0 Å². The minimum Gasteiger partial charge on any atom is -0.496 e. The minimum absolute atomic E-state index is 0.268. The molecule has 0 saturated carbocycles. The second-order valence-electron chi connectivity index (χ2n) is 4.09. The summed E-state index contributed by atoms with van der Waals surface area (Å²) in [6, 6.07) is 12.5. The van der Waals surface area contributed by atoms with Crippen LogP contribution >= 0.6 is 0 Å². The summed E-state index contributed by atoms with van der Waals surface area (Å²) >= 11 is 0. The molecule has 0 spiro atoms. The number of aromatic nitrogens is 1. The maximum absolute atomic E-state index is 13.4. The molecule has 0 atom stereocenters. The summed E-state index contributed by atoms with van der Waals surface area (Å²) in [6.07, 6.45) is 1.88. The van der Waals surface area contributed by atoms with Gasteiger partial charge in [-0.15, -0.1) is 0 Å². The number of methoxy groups -OCH3 is 1. The lowest BCUT2D eigenvalue weighted by atomic mass is 10.0. The van der Waals surface area contributed by atoms with E-state index in [1.54, 1.807) is 13.2 Å². The van der Waals surface area contributed by atoms with E-state index in [1.807, 2.05) is 30.5 Å². The molecule has 0 radical (unpaired) electrons. The maximum atomic E-state index is 13.4. The number of rotatable bonds is 2. The Bertz CT molecular complexity index is 703. The van der Waals surface area contributed by atoms with Gasteiger partial charge in [0.25, 0.3) is 0 Å². The third-order valence-corrected chi connectivity index (χ3v) is 3.04. The van der Waals surface area contributed by atoms with Crippen molar-refractivity contribution in [3.8, 4) is 16.9 Å². The van der Waals surface area contributed by atoms with Crippen molar-refractivity contribution in [2.75, 3.05) is 7.11 Å². The van der Waals surface area contributed by atoms with Crippen LogP contribution in [0, 0.1) is 5.82 Å². The number of hydrogen-bond donors (Lipinski definition) is 1. The molecule has 3 aromatic rings. The zero-order valence-electron chi connectivity index (χ0n) is 9.91. The van der Waals surface area contributed by atoms with E-state index in [4.69, 9.17) is 4.74 Å². The lowest BCUT2D eigenvalue weighted by Gasteiger charge is -2.07. The van der Waals surface area contributed by atoms with Gasteiger partial charge in [-0.05, 0) is 24.3 Å². The normalized spacial score (nSPS) is 10.8. The summed E-state index contributed by atoms with van der Waals surface area (Å²) < 4.78 is 18.7. The van der Waals surface area contributed by atoms with E-state index in [2.05, 4.69) is 4.98 Å². The summed E-state index contributed by atoms with van der Waals surface area (Å²) in [5, 5.41) is 1.06. The SMILES string of the molecule is COc1ccc(F)cc1-c1c[nH]c2ccccc12. The van der Waals surface area contributed by atoms with Gasteiger partial charge in [0, 0.05) is 28.2 Å². The van der Waals surface area contributed by atoms with Crippen LogP contribution in [-0.4, -0.2) is 12.1 Å². The molecule has 0 aliphatic carbocycles. The first-order valence-corrected chi connectivity index (χ1v) is 5.69. The highest BCUT2D eigenvalue weighted by Gasteiger charge is 2.11. The molecule has 90 valence electrons. The molecule has 0 unspecified atom stereocenters. The van der Waals surface area contributed by atoms with Crippen molar-refractivity contribution in [2.24, 2.45) is 0 Å². The third kappa shape index (κ3) is 1.64. The number of ether oxygens (including phenoxy) is 1. The first kappa shape index (κ1) is 10.8. The molecule has 0 fully saturated rings. The van der Waals surface area contributed by atoms with Crippen LogP contribution in [-0.2, 0) is 0 Å². The molecule has 2 aromatic carbocycles. The predicted octanol–water partition coefficient (Wildman–Crippen LogP) is 3.98. The number of benzene rings is 2. The van der Waals surface area contributed by atoms with Crippen LogP contribution in [0.1, 0.15) is 0 Å². The predicted molar refractivity (Wildman–Crippen MR) is 70.2 cm³/mol. The molecule has 1 aromatic heterocycles. The second-order valence-corrected chi connectivity index (χ2v) is 4.09. The summed E-state index contributed by atoms with van der Waals surface area (Å²) in [5.74, 6) is 0.400. The molecular weight excluding hydrogens is 229 g/mol. The molecule has 0 aliphatic rings. The average Bonchev–Trinajstić information content (AvgIpc) is 2.82. The monoisotopic (exact) mass is 241 g/mol. The summed E-state index contributed by atoms with van der Waals surface area (Å²) in [7, 11) is 1.59. The number of H-pyrrole nitrogens is 1. The maximum Gasteiger partial charge on any atom is 0.126 e. The van der Waals surface area contributed by atoms with Crippen LogP contribution in [0.4, 0.5) is 4.39 Å². The molecule has 1 N–H and O–H groups in total. The molecule has 3 rings (SSSR count). The Morgan fingerprint density at radius 2 is 1.89 bits per heavy atom. The zero-order valence-corrected chi connectivity index (χ0v) is 9.91. The van der Waals surface area contributed by atoms with Crippen molar-refractivity contribution in [3.05, 3.63) is 54.5 Å². The zero-order chi connectivity index (χ0) is 12.5. The van der Waals surface area contributed by atoms with Crippen LogP contribution in [0.25, 0.3) is 22.0 Å². The largest absolute Gasteiger partial charge is 0.496 e. The van der Waals surface area contributed by atoms with E-state index in [9.17, 15) is 4.39 Å². The molecule has 1 heterocycles. The summed E-state index contributed by atoms with van der Waals surface area (Å²) in [5.41, 5.74) is 2.73. The molecule has 2 nitrogen and oxygen atoms in total. The van der Waals surface area contributed by atoms with Crippen LogP contribution in [0.2, 0.25) is 0 Å². The molecule has 0 amide bonds. The first-order valence-electron chi connectivity index (χ1n) is 5.69. The van der Waals surface area contributed by atoms with Gasteiger partial charge < -0.3 is 9.72 Å². The van der Waals surface area contributed by atoms with E-state index >= 15 is 0 Å². The Labute approximate surface area is 104 Å². The number of halogens is 1. The van der Waals surface area contributed by atoms with Gasteiger partial charge >= 0.3 is 0 Å². The highest BCUT2D eigenvalue weighted by atomic mass is 19.1. The standard InChI is InChI=1S/C15H12FNO/c1-18-15-7-6-10(16)8-12(15)13-9-17-14-5-3-2-4-11(13)14/h2-9,17H,1H3. The van der Waals surface area contributed by atoms with Crippen molar-refractivity contribution in [1.29, 1.82) is 0 Å². The number of nitrogens with one attached hydrogen (secondary N) is 1.